The highest BCUT2D eigenvalue weighted by Crippen LogP contribution is 2.31. The van der Waals surface area contributed by atoms with Gasteiger partial charge in [-0.1, -0.05) is 84.6 Å². The number of halogens is 2. The first-order valence-corrected chi connectivity index (χ1v) is 16.9. The van der Waals surface area contributed by atoms with Crippen LogP contribution in [0, 0.1) is 0 Å². The lowest BCUT2D eigenvalue weighted by Gasteiger charge is -2.34. The Labute approximate surface area is 264 Å². The monoisotopic (exact) mass is 645 g/mol. The van der Waals surface area contributed by atoms with Crippen LogP contribution in [0.5, 0.6) is 5.75 Å². The van der Waals surface area contributed by atoms with Gasteiger partial charge in [0, 0.05) is 29.1 Å². The Morgan fingerprint density at radius 1 is 1.00 bits per heavy atom. The Kier molecular flexibility index (Phi) is 11.3. The first-order chi connectivity index (χ1) is 20.6. The van der Waals surface area contributed by atoms with Gasteiger partial charge in [-0.2, -0.15) is 0 Å². The molecule has 1 fully saturated rings. The van der Waals surface area contributed by atoms with Crippen LogP contribution in [0.15, 0.2) is 72.8 Å². The van der Waals surface area contributed by atoms with Gasteiger partial charge in [0.1, 0.15) is 18.3 Å². The van der Waals surface area contributed by atoms with Crippen LogP contribution in [0.25, 0.3) is 0 Å². The van der Waals surface area contributed by atoms with Crippen molar-refractivity contribution >= 4 is 50.7 Å². The fourth-order valence-electron chi connectivity index (χ4n) is 5.29. The predicted octanol–water partition coefficient (Wildman–Crippen LogP) is 5.86. The Hall–Kier alpha value is -3.27. The maximum atomic E-state index is 14.3. The first-order valence-electron chi connectivity index (χ1n) is 14.3. The number of nitrogens with one attached hydrogen (secondary N) is 1. The summed E-state index contributed by atoms with van der Waals surface area (Å²) in [6, 6.07) is 20.1. The van der Waals surface area contributed by atoms with Crippen LogP contribution in [-0.2, 0) is 32.6 Å². The third-order valence-corrected chi connectivity index (χ3v) is 9.15. The summed E-state index contributed by atoms with van der Waals surface area (Å²) in [5.74, 6) is -0.532. The van der Waals surface area contributed by atoms with E-state index in [1.54, 1.807) is 49.4 Å². The average molecular weight is 647 g/mol. The van der Waals surface area contributed by atoms with E-state index in [1.807, 2.05) is 30.3 Å². The van der Waals surface area contributed by atoms with E-state index < -0.39 is 28.5 Å². The summed E-state index contributed by atoms with van der Waals surface area (Å²) in [4.78, 5) is 29.7. The standard InChI is InChI=1S/C32H37Cl2N3O5S/c1-3-42-30-16-10-9-15-28(30)37(43(2,40)41)22-31(38)36(21-24-17-18-25(33)20-27(24)34)29(19-23-11-5-4-6-12-23)32(39)35-26-13-7-8-14-26/h4-6,9-12,15-18,20,26,29H,3,7-8,13-14,19,21-22H2,1-2H3,(H,35,39)/t29-/m1/s1. The molecular formula is C32H37Cl2N3O5S. The molecule has 4 rings (SSSR count). The SMILES string of the molecule is CCOc1ccccc1N(CC(=O)N(Cc1ccc(Cl)cc1Cl)[C@H](Cc1ccccc1)C(=O)NC1CCCC1)S(C)(=O)=O. The van der Waals surface area contributed by atoms with E-state index in [-0.39, 0.29) is 30.6 Å². The summed E-state index contributed by atoms with van der Waals surface area (Å²) in [6.45, 7) is 1.52. The summed E-state index contributed by atoms with van der Waals surface area (Å²) in [7, 11) is -3.94. The van der Waals surface area contributed by atoms with Gasteiger partial charge in [-0.15, -0.1) is 0 Å². The molecule has 0 heterocycles. The van der Waals surface area contributed by atoms with Crippen LogP contribution in [0.2, 0.25) is 10.0 Å². The lowest BCUT2D eigenvalue weighted by molar-refractivity contribution is -0.140. The van der Waals surface area contributed by atoms with E-state index >= 15 is 0 Å². The van der Waals surface area contributed by atoms with Gasteiger partial charge in [-0.25, -0.2) is 8.42 Å². The number of carbonyl (C=O) groups excluding carboxylic acids is 2. The maximum Gasteiger partial charge on any atom is 0.244 e. The molecule has 2 amide bonds. The van der Waals surface area contributed by atoms with Crippen molar-refractivity contribution in [2.24, 2.45) is 0 Å². The van der Waals surface area contributed by atoms with Gasteiger partial charge < -0.3 is 15.0 Å². The predicted molar refractivity (Wildman–Crippen MR) is 171 cm³/mol. The topological polar surface area (TPSA) is 96.0 Å². The van der Waals surface area contributed by atoms with Crippen molar-refractivity contribution in [2.45, 2.75) is 57.7 Å². The van der Waals surface area contributed by atoms with Crippen molar-refractivity contribution in [2.75, 3.05) is 23.7 Å². The summed E-state index contributed by atoms with van der Waals surface area (Å²) >= 11 is 12.7. The van der Waals surface area contributed by atoms with Gasteiger partial charge in [0.05, 0.1) is 18.6 Å². The fourth-order valence-corrected chi connectivity index (χ4v) is 6.61. The molecule has 43 heavy (non-hydrogen) atoms. The first kappa shape index (κ1) is 32.6. The lowest BCUT2D eigenvalue weighted by Crippen LogP contribution is -2.54. The highest BCUT2D eigenvalue weighted by Gasteiger charge is 2.35. The zero-order valence-corrected chi connectivity index (χ0v) is 26.7. The Bertz CT molecular complexity index is 1510. The number of nitrogens with zero attached hydrogens (tertiary/aromatic N) is 2. The third-order valence-electron chi connectivity index (χ3n) is 7.44. The molecule has 11 heteroatoms. The van der Waals surface area contributed by atoms with Crippen molar-refractivity contribution in [3.05, 3.63) is 94.0 Å². The second-order valence-corrected chi connectivity index (χ2v) is 13.4. The molecule has 8 nitrogen and oxygen atoms in total. The highest BCUT2D eigenvalue weighted by molar-refractivity contribution is 7.92. The molecular weight excluding hydrogens is 609 g/mol. The molecule has 0 unspecified atom stereocenters. The second kappa shape index (κ2) is 14.9. The molecule has 230 valence electrons. The minimum absolute atomic E-state index is 0.0208. The van der Waals surface area contributed by atoms with Crippen molar-refractivity contribution in [3.63, 3.8) is 0 Å². The molecule has 1 atom stereocenters. The molecule has 0 aliphatic heterocycles. The zero-order valence-electron chi connectivity index (χ0n) is 24.3. The molecule has 0 aromatic heterocycles. The number of benzene rings is 3. The summed E-state index contributed by atoms with van der Waals surface area (Å²) in [6.07, 6.45) is 5.07. The quantitative estimate of drug-likeness (QED) is 0.251. The van der Waals surface area contributed by atoms with Gasteiger partial charge in [-0.3, -0.25) is 13.9 Å². The molecule has 1 N–H and O–H groups in total. The number of carbonyl (C=O) groups is 2. The van der Waals surface area contributed by atoms with E-state index in [1.165, 1.54) is 4.90 Å². The van der Waals surface area contributed by atoms with E-state index in [0.717, 1.165) is 41.8 Å². The van der Waals surface area contributed by atoms with Gasteiger partial charge >= 0.3 is 0 Å². The number of anilines is 1. The number of amides is 2. The molecule has 1 aliphatic carbocycles. The molecule has 3 aromatic rings. The van der Waals surface area contributed by atoms with Crippen LogP contribution in [0.3, 0.4) is 0 Å². The number of hydrogen-bond donors (Lipinski definition) is 1. The average Bonchev–Trinajstić information content (AvgIpc) is 3.48. The summed E-state index contributed by atoms with van der Waals surface area (Å²) in [5.41, 5.74) is 1.67. The Morgan fingerprint density at radius 3 is 2.33 bits per heavy atom. The van der Waals surface area contributed by atoms with Crippen LogP contribution in [0.4, 0.5) is 5.69 Å². The molecule has 0 bridgehead atoms. The minimum atomic E-state index is -3.94. The summed E-state index contributed by atoms with van der Waals surface area (Å²) < 4.78 is 32.9. The van der Waals surface area contributed by atoms with Gasteiger partial charge in [0.25, 0.3) is 0 Å². The number of para-hydroxylation sites is 2. The van der Waals surface area contributed by atoms with Crippen LogP contribution in [0.1, 0.15) is 43.7 Å². The van der Waals surface area contributed by atoms with Crippen molar-refractivity contribution in [1.82, 2.24) is 10.2 Å². The van der Waals surface area contributed by atoms with Crippen LogP contribution >= 0.6 is 23.2 Å². The molecule has 0 saturated heterocycles. The second-order valence-electron chi connectivity index (χ2n) is 10.6. The molecule has 1 aliphatic rings. The van der Waals surface area contributed by atoms with E-state index in [4.69, 9.17) is 27.9 Å². The van der Waals surface area contributed by atoms with E-state index in [2.05, 4.69) is 5.32 Å². The lowest BCUT2D eigenvalue weighted by atomic mass is 10.0. The van der Waals surface area contributed by atoms with Crippen molar-refractivity contribution in [3.8, 4) is 5.75 Å². The molecule has 1 saturated carbocycles. The minimum Gasteiger partial charge on any atom is -0.492 e. The Morgan fingerprint density at radius 2 is 1.67 bits per heavy atom. The van der Waals surface area contributed by atoms with Crippen molar-refractivity contribution in [1.29, 1.82) is 0 Å². The van der Waals surface area contributed by atoms with Crippen LogP contribution < -0.4 is 14.4 Å². The van der Waals surface area contributed by atoms with Gasteiger partial charge in [0.2, 0.25) is 21.8 Å². The number of rotatable bonds is 13. The zero-order chi connectivity index (χ0) is 31.0. The van der Waals surface area contributed by atoms with Crippen LogP contribution in [-0.4, -0.2) is 56.6 Å². The molecule has 0 radical (unpaired) electrons. The van der Waals surface area contributed by atoms with E-state index in [9.17, 15) is 18.0 Å². The number of sulfonamides is 1. The molecule has 3 aromatic carbocycles. The Balaban J connectivity index is 1.76. The number of ether oxygens (including phenoxy) is 1. The largest absolute Gasteiger partial charge is 0.492 e. The fraction of sp³-hybridized carbons (Fsp3) is 0.375. The van der Waals surface area contributed by atoms with Crippen molar-refractivity contribution < 1.29 is 22.7 Å². The number of hydrogen-bond acceptors (Lipinski definition) is 5. The van der Waals surface area contributed by atoms with Gasteiger partial charge in [-0.05, 0) is 55.2 Å². The molecule has 0 spiro atoms. The maximum absolute atomic E-state index is 14.3. The highest BCUT2D eigenvalue weighted by atomic mass is 35.5. The third kappa shape index (κ3) is 8.87. The normalized spacial score (nSPS) is 14.2. The van der Waals surface area contributed by atoms with Gasteiger partial charge in [0.15, 0.2) is 0 Å². The smallest absolute Gasteiger partial charge is 0.244 e. The van der Waals surface area contributed by atoms with E-state index in [0.29, 0.717) is 28.0 Å². The summed E-state index contributed by atoms with van der Waals surface area (Å²) in [5, 5.41) is 3.91.